The molecule has 2 nitrogen and oxygen atoms in total. The largest absolute Gasteiger partial charge is 0.313 e. The van der Waals surface area contributed by atoms with Crippen molar-refractivity contribution in [1.82, 2.24) is 10.2 Å². The van der Waals surface area contributed by atoms with Crippen molar-refractivity contribution in [3.63, 3.8) is 0 Å². The van der Waals surface area contributed by atoms with Crippen LogP contribution in [0.4, 0.5) is 0 Å². The van der Waals surface area contributed by atoms with Crippen molar-refractivity contribution in [3.05, 3.63) is 33.4 Å². The normalized spacial score (nSPS) is 23.0. The molecule has 0 aromatic heterocycles. The fourth-order valence-corrected chi connectivity index (χ4v) is 2.55. The first-order valence-corrected chi connectivity index (χ1v) is 7.02. The lowest BCUT2D eigenvalue weighted by atomic mass is 10.2. The van der Waals surface area contributed by atoms with Crippen LogP contribution < -0.4 is 5.32 Å². The van der Waals surface area contributed by atoms with Gasteiger partial charge in [-0.25, -0.2) is 0 Å². The van der Waals surface area contributed by atoms with E-state index in [0.717, 1.165) is 19.6 Å². The van der Waals surface area contributed by atoms with Crippen LogP contribution in [0.15, 0.2) is 24.3 Å². The molecule has 1 aromatic carbocycles. The van der Waals surface area contributed by atoms with E-state index in [0.29, 0.717) is 6.04 Å². The number of nitrogens with zero attached hydrogens (tertiary/aromatic N) is 1. The van der Waals surface area contributed by atoms with E-state index in [-0.39, 0.29) is 0 Å². The Labute approximate surface area is 112 Å². The van der Waals surface area contributed by atoms with Gasteiger partial charge >= 0.3 is 0 Å². The zero-order chi connectivity index (χ0) is 11.4. The van der Waals surface area contributed by atoms with E-state index in [1.54, 1.807) is 0 Å². The van der Waals surface area contributed by atoms with Gasteiger partial charge in [-0.1, -0.05) is 12.1 Å². The molecular formula is C13H19IN2. The van der Waals surface area contributed by atoms with Gasteiger partial charge in [0, 0.05) is 22.7 Å². The Bertz CT molecular complexity index is 323. The Balaban J connectivity index is 1.95. The van der Waals surface area contributed by atoms with Crippen LogP contribution in [0, 0.1) is 3.57 Å². The maximum Gasteiger partial charge on any atom is 0.0234 e. The number of hydrogen-bond donors (Lipinski definition) is 1. The monoisotopic (exact) mass is 330 g/mol. The van der Waals surface area contributed by atoms with Gasteiger partial charge in [0.1, 0.15) is 0 Å². The molecule has 2 rings (SSSR count). The molecule has 3 heteroatoms. The summed E-state index contributed by atoms with van der Waals surface area (Å²) in [6.45, 7) is 6.88. The highest BCUT2D eigenvalue weighted by Crippen LogP contribution is 2.11. The number of benzene rings is 1. The predicted molar refractivity (Wildman–Crippen MR) is 76.5 cm³/mol. The number of rotatable bonds is 2. The molecule has 1 heterocycles. The summed E-state index contributed by atoms with van der Waals surface area (Å²) in [5, 5.41) is 3.53. The van der Waals surface area contributed by atoms with Crippen molar-refractivity contribution in [2.75, 3.05) is 19.6 Å². The molecule has 0 spiro atoms. The third kappa shape index (κ3) is 3.71. The maximum atomic E-state index is 3.53. The predicted octanol–water partition coefficient (Wildman–Crippen LogP) is 2.48. The average Bonchev–Trinajstić information content (AvgIpc) is 2.46. The summed E-state index contributed by atoms with van der Waals surface area (Å²) in [6, 6.07) is 9.48. The van der Waals surface area contributed by atoms with Gasteiger partial charge in [0.2, 0.25) is 0 Å². The molecule has 1 N–H and O–H groups in total. The van der Waals surface area contributed by atoms with Crippen LogP contribution in [-0.2, 0) is 6.54 Å². The van der Waals surface area contributed by atoms with Crippen LogP contribution in [0.25, 0.3) is 0 Å². The topological polar surface area (TPSA) is 15.3 Å². The lowest BCUT2D eigenvalue weighted by Gasteiger charge is -2.22. The second-order valence-corrected chi connectivity index (χ2v) is 5.82. The number of nitrogens with one attached hydrogen (secondary N) is 1. The van der Waals surface area contributed by atoms with E-state index in [1.807, 2.05) is 0 Å². The van der Waals surface area contributed by atoms with Gasteiger partial charge in [-0.05, 0) is 66.7 Å². The lowest BCUT2D eigenvalue weighted by molar-refractivity contribution is 0.265. The van der Waals surface area contributed by atoms with Crippen molar-refractivity contribution in [2.24, 2.45) is 0 Å². The zero-order valence-electron chi connectivity index (χ0n) is 9.75. The van der Waals surface area contributed by atoms with Crippen LogP contribution in [0.1, 0.15) is 18.9 Å². The quantitative estimate of drug-likeness (QED) is 0.838. The van der Waals surface area contributed by atoms with E-state index >= 15 is 0 Å². The Morgan fingerprint density at radius 2 is 2.12 bits per heavy atom. The first kappa shape index (κ1) is 12.3. The Kier molecular flexibility index (Phi) is 4.61. The Hall–Kier alpha value is -0.130. The van der Waals surface area contributed by atoms with Gasteiger partial charge in [0.15, 0.2) is 0 Å². The molecule has 0 saturated carbocycles. The highest BCUT2D eigenvalue weighted by molar-refractivity contribution is 14.1. The second-order valence-electron chi connectivity index (χ2n) is 4.57. The molecule has 1 aromatic rings. The molecule has 0 amide bonds. The number of hydrogen-bond acceptors (Lipinski definition) is 2. The van der Waals surface area contributed by atoms with E-state index in [4.69, 9.17) is 0 Å². The summed E-state index contributed by atoms with van der Waals surface area (Å²) in [7, 11) is 0. The summed E-state index contributed by atoms with van der Waals surface area (Å²) < 4.78 is 1.31. The van der Waals surface area contributed by atoms with E-state index in [9.17, 15) is 0 Å². The lowest BCUT2D eigenvalue weighted by Crippen LogP contribution is -2.34. The molecule has 1 aliphatic rings. The molecule has 0 aliphatic carbocycles. The van der Waals surface area contributed by atoms with Crippen molar-refractivity contribution in [1.29, 1.82) is 0 Å². The zero-order valence-corrected chi connectivity index (χ0v) is 11.9. The van der Waals surface area contributed by atoms with Gasteiger partial charge in [-0.3, -0.25) is 4.90 Å². The van der Waals surface area contributed by atoms with Crippen molar-refractivity contribution >= 4 is 22.6 Å². The summed E-state index contributed by atoms with van der Waals surface area (Å²) in [6.07, 6.45) is 1.26. The molecule has 1 atom stereocenters. The summed E-state index contributed by atoms with van der Waals surface area (Å²) in [4.78, 5) is 2.55. The van der Waals surface area contributed by atoms with Gasteiger partial charge in [-0.2, -0.15) is 0 Å². The van der Waals surface area contributed by atoms with Gasteiger partial charge in [-0.15, -0.1) is 0 Å². The van der Waals surface area contributed by atoms with Gasteiger partial charge < -0.3 is 5.32 Å². The maximum absolute atomic E-state index is 3.53. The molecule has 16 heavy (non-hydrogen) atoms. The highest BCUT2D eigenvalue weighted by atomic mass is 127. The number of halogens is 1. The third-order valence-electron chi connectivity index (χ3n) is 3.00. The molecule has 1 fully saturated rings. The second kappa shape index (κ2) is 5.98. The third-order valence-corrected chi connectivity index (χ3v) is 3.71. The summed E-state index contributed by atoms with van der Waals surface area (Å²) in [5.74, 6) is 0. The molecule has 0 radical (unpaired) electrons. The van der Waals surface area contributed by atoms with Crippen molar-refractivity contribution in [3.8, 4) is 0 Å². The SMILES string of the molecule is CC1CN(Cc2ccc(I)cc2)CCCN1. The van der Waals surface area contributed by atoms with Gasteiger partial charge in [0.25, 0.3) is 0 Å². The van der Waals surface area contributed by atoms with Crippen LogP contribution in [0.3, 0.4) is 0 Å². The van der Waals surface area contributed by atoms with E-state index < -0.39 is 0 Å². The van der Waals surface area contributed by atoms with Crippen LogP contribution in [-0.4, -0.2) is 30.6 Å². The fraction of sp³-hybridized carbons (Fsp3) is 0.538. The standard InChI is InChI=1S/C13H19IN2/c1-11-9-16(8-2-7-15-11)10-12-3-5-13(14)6-4-12/h3-6,11,15H,2,7-10H2,1H3. The van der Waals surface area contributed by atoms with E-state index in [2.05, 4.69) is 64.0 Å². The summed E-state index contributed by atoms with van der Waals surface area (Å²) in [5.41, 5.74) is 1.43. The minimum atomic E-state index is 0.617. The van der Waals surface area contributed by atoms with E-state index in [1.165, 1.54) is 22.1 Å². The summed E-state index contributed by atoms with van der Waals surface area (Å²) >= 11 is 2.35. The fourth-order valence-electron chi connectivity index (χ4n) is 2.19. The Morgan fingerprint density at radius 3 is 2.88 bits per heavy atom. The molecule has 1 unspecified atom stereocenters. The van der Waals surface area contributed by atoms with Crippen LogP contribution in [0.2, 0.25) is 0 Å². The van der Waals surface area contributed by atoms with Crippen LogP contribution in [0.5, 0.6) is 0 Å². The van der Waals surface area contributed by atoms with Gasteiger partial charge in [0.05, 0.1) is 0 Å². The Morgan fingerprint density at radius 1 is 1.38 bits per heavy atom. The van der Waals surface area contributed by atoms with Crippen molar-refractivity contribution < 1.29 is 0 Å². The first-order valence-electron chi connectivity index (χ1n) is 5.94. The molecule has 88 valence electrons. The molecule has 1 saturated heterocycles. The highest BCUT2D eigenvalue weighted by Gasteiger charge is 2.13. The smallest absolute Gasteiger partial charge is 0.0234 e. The molecule has 0 bridgehead atoms. The average molecular weight is 330 g/mol. The minimum absolute atomic E-state index is 0.617. The van der Waals surface area contributed by atoms with Crippen molar-refractivity contribution in [2.45, 2.75) is 25.9 Å². The molecule has 1 aliphatic heterocycles. The van der Waals surface area contributed by atoms with Crippen LogP contribution >= 0.6 is 22.6 Å². The molecular weight excluding hydrogens is 311 g/mol. The minimum Gasteiger partial charge on any atom is -0.313 e. The first-order chi connectivity index (χ1) is 7.74.